The summed E-state index contributed by atoms with van der Waals surface area (Å²) in [6, 6.07) is 14.2. The molecule has 2 nitrogen and oxygen atoms in total. The van der Waals surface area contributed by atoms with Gasteiger partial charge in [-0.25, -0.2) is 0 Å². The lowest BCUT2D eigenvalue weighted by Gasteiger charge is -2.01. The maximum atomic E-state index is 5.21. The Morgan fingerprint density at radius 2 is 1.73 bits per heavy atom. The van der Waals surface area contributed by atoms with E-state index >= 15 is 0 Å². The maximum Gasteiger partial charge on any atom is 0.117 e. The molecule has 0 radical (unpaired) electrons. The summed E-state index contributed by atoms with van der Waals surface area (Å²) in [6.07, 6.45) is 1.69. The van der Waals surface area contributed by atoms with Crippen molar-refractivity contribution in [3.05, 3.63) is 60.1 Å². The Hall–Kier alpha value is -1.25. The molecule has 0 spiro atoms. The van der Waals surface area contributed by atoms with E-state index in [-0.39, 0.29) is 12.4 Å². The zero-order valence-corrected chi connectivity index (χ0v) is 9.08. The standard InChI is InChI=1S/C12H13NO.ClH/c1-2-5-11(6-3-1)9-13-10-12-7-4-8-14-12;/h1-8,13H,9-10H2;1H/p-1. The number of halogens is 1. The molecule has 15 heavy (non-hydrogen) atoms. The van der Waals surface area contributed by atoms with Gasteiger partial charge in [0.2, 0.25) is 0 Å². The third kappa shape index (κ3) is 3.78. The lowest BCUT2D eigenvalue weighted by atomic mass is 10.2. The van der Waals surface area contributed by atoms with Crippen LogP contribution in [-0.2, 0) is 13.1 Å². The summed E-state index contributed by atoms with van der Waals surface area (Å²) in [6.45, 7) is 1.66. The Labute approximate surface area is 95.7 Å². The van der Waals surface area contributed by atoms with Crippen molar-refractivity contribution in [3.63, 3.8) is 0 Å². The van der Waals surface area contributed by atoms with Crippen LogP contribution >= 0.6 is 0 Å². The third-order valence-electron chi connectivity index (χ3n) is 2.05. The van der Waals surface area contributed by atoms with E-state index in [1.165, 1.54) is 5.56 Å². The van der Waals surface area contributed by atoms with Crippen molar-refractivity contribution in [2.75, 3.05) is 0 Å². The van der Waals surface area contributed by atoms with Gasteiger partial charge in [0.05, 0.1) is 12.8 Å². The quantitative estimate of drug-likeness (QED) is 0.760. The first-order chi connectivity index (χ1) is 6.95. The number of hydrogen-bond acceptors (Lipinski definition) is 2. The van der Waals surface area contributed by atoms with Crippen LogP contribution < -0.4 is 17.7 Å². The fourth-order valence-corrected chi connectivity index (χ4v) is 1.34. The smallest absolute Gasteiger partial charge is 0.117 e. The molecular weight excluding hydrogens is 210 g/mol. The minimum atomic E-state index is 0. The van der Waals surface area contributed by atoms with E-state index in [0.29, 0.717) is 0 Å². The molecule has 0 aliphatic heterocycles. The van der Waals surface area contributed by atoms with Gasteiger partial charge in [0.25, 0.3) is 0 Å². The molecule has 0 aliphatic carbocycles. The summed E-state index contributed by atoms with van der Waals surface area (Å²) in [5, 5.41) is 3.31. The van der Waals surface area contributed by atoms with Crippen LogP contribution in [0.3, 0.4) is 0 Å². The minimum Gasteiger partial charge on any atom is -1.00 e. The van der Waals surface area contributed by atoms with E-state index < -0.39 is 0 Å². The third-order valence-corrected chi connectivity index (χ3v) is 2.05. The molecule has 0 saturated carbocycles. The Morgan fingerprint density at radius 1 is 0.933 bits per heavy atom. The van der Waals surface area contributed by atoms with E-state index in [1.54, 1.807) is 6.26 Å². The molecule has 1 aromatic heterocycles. The van der Waals surface area contributed by atoms with Crippen LogP contribution in [0, 0.1) is 0 Å². The van der Waals surface area contributed by atoms with E-state index in [1.807, 2.05) is 30.3 Å². The Balaban J connectivity index is 0.00000112. The molecule has 1 N–H and O–H groups in total. The van der Waals surface area contributed by atoms with E-state index in [2.05, 4.69) is 17.4 Å². The molecule has 1 heterocycles. The average molecular weight is 223 g/mol. The molecule has 0 amide bonds. The van der Waals surface area contributed by atoms with Crippen molar-refractivity contribution in [2.24, 2.45) is 0 Å². The molecule has 0 fully saturated rings. The highest BCUT2D eigenvalue weighted by atomic mass is 35.5. The highest BCUT2D eigenvalue weighted by Crippen LogP contribution is 2.01. The zero-order chi connectivity index (χ0) is 9.64. The Morgan fingerprint density at radius 3 is 2.40 bits per heavy atom. The first-order valence-electron chi connectivity index (χ1n) is 4.72. The summed E-state index contributed by atoms with van der Waals surface area (Å²) in [5.74, 6) is 0.973. The van der Waals surface area contributed by atoms with Crippen LogP contribution in [0.4, 0.5) is 0 Å². The van der Waals surface area contributed by atoms with Gasteiger partial charge in [-0.3, -0.25) is 0 Å². The molecule has 0 unspecified atom stereocenters. The van der Waals surface area contributed by atoms with Gasteiger partial charge in [-0.2, -0.15) is 0 Å². The molecule has 3 heteroatoms. The first kappa shape index (κ1) is 11.8. The maximum absolute atomic E-state index is 5.21. The highest BCUT2D eigenvalue weighted by molar-refractivity contribution is 5.14. The molecule has 80 valence electrons. The lowest BCUT2D eigenvalue weighted by molar-refractivity contribution is -0.00000338. The van der Waals surface area contributed by atoms with Gasteiger partial charge < -0.3 is 22.1 Å². The monoisotopic (exact) mass is 222 g/mol. The SMILES string of the molecule is [Cl-].c1ccc(CNCc2ccco2)cc1. The number of rotatable bonds is 4. The van der Waals surface area contributed by atoms with Crippen LogP contribution in [0.25, 0.3) is 0 Å². The van der Waals surface area contributed by atoms with Crippen molar-refractivity contribution >= 4 is 0 Å². The molecule has 0 aliphatic rings. The van der Waals surface area contributed by atoms with Crippen LogP contribution in [-0.4, -0.2) is 0 Å². The van der Waals surface area contributed by atoms with Crippen molar-refractivity contribution in [1.82, 2.24) is 5.32 Å². The predicted octanol–water partition coefficient (Wildman–Crippen LogP) is -0.427. The van der Waals surface area contributed by atoms with Crippen LogP contribution in [0.1, 0.15) is 11.3 Å². The summed E-state index contributed by atoms with van der Waals surface area (Å²) in [4.78, 5) is 0. The predicted molar refractivity (Wildman–Crippen MR) is 55.7 cm³/mol. The van der Waals surface area contributed by atoms with Gasteiger partial charge in [-0.05, 0) is 17.7 Å². The first-order valence-corrected chi connectivity index (χ1v) is 4.72. The van der Waals surface area contributed by atoms with Gasteiger partial charge in [0.1, 0.15) is 5.76 Å². The van der Waals surface area contributed by atoms with Crippen molar-refractivity contribution < 1.29 is 16.8 Å². The Bertz CT molecular complexity index is 358. The van der Waals surface area contributed by atoms with Gasteiger partial charge in [-0.1, -0.05) is 30.3 Å². The number of furan rings is 1. The summed E-state index contributed by atoms with van der Waals surface area (Å²) in [7, 11) is 0. The molecule has 0 saturated heterocycles. The average Bonchev–Trinajstić information content (AvgIpc) is 2.72. The normalized spacial score (nSPS) is 9.60. The molecule has 1 aromatic carbocycles. The second kappa shape index (κ2) is 6.27. The fraction of sp³-hybridized carbons (Fsp3) is 0.167. The highest BCUT2D eigenvalue weighted by Gasteiger charge is 1.94. The lowest BCUT2D eigenvalue weighted by Crippen LogP contribution is -3.00. The van der Waals surface area contributed by atoms with Crippen LogP contribution in [0.15, 0.2) is 53.1 Å². The molecule has 0 bridgehead atoms. The van der Waals surface area contributed by atoms with Crippen molar-refractivity contribution in [1.29, 1.82) is 0 Å². The van der Waals surface area contributed by atoms with Gasteiger partial charge in [0, 0.05) is 6.54 Å². The molecule has 2 rings (SSSR count). The largest absolute Gasteiger partial charge is 1.00 e. The molecule has 2 aromatic rings. The van der Waals surface area contributed by atoms with Crippen molar-refractivity contribution in [2.45, 2.75) is 13.1 Å². The summed E-state index contributed by atoms with van der Waals surface area (Å²) < 4.78 is 5.21. The van der Waals surface area contributed by atoms with Crippen LogP contribution in [0.5, 0.6) is 0 Å². The number of benzene rings is 1. The minimum absolute atomic E-state index is 0. The van der Waals surface area contributed by atoms with E-state index in [0.717, 1.165) is 18.8 Å². The summed E-state index contributed by atoms with van der Waals surface area (Å²) in [5.41, 5.74) is 1.29. The van der Waals surface area contributed by atoms with Crippen LogP contribution in [0.2, 0.25) is 0 Å². The fourth-order valence-electron chi connectivity index (χ4n) is 1.34. The van der Waals surface area contributed by atoms with E-state index in [4.69, 9.17) is 4.42 Å². The molecule has 0 atom stereocenters. The Kier molecular flexibility index (Phi) is 4.95. The topological polar surface area (TPSA) is 25.2 Å². The van der Waals surface area contributed by atoms with Crippen molar-refractivity contribution in [3.8, 4) is 0 Å². The second-order valence-electron chi connectivity index (χ2n) is 3.17. The second-order valence-corrected chi connectivity index (χ2v) is 3.17. The molecular formula is C12H13ClNO-. The van der Waals surface area contributed by atoms with Gasteiger partial charge >= 0.3 is 0 Å². The van der Waals surface area contributed by atoms with Gasteiger partial charge in [0.15, 0.2) is 0 Å². The number of hydrogen-bond donors (Lipinski definition) is 1. The summed E-state index contributed by atoms with van der Waals surface area (Å²) >= 11 is 0. The number of nitrogens with one attached hydrogen (secondary N) is 1. The zero-order valence-electron chi connectivity index (χ0n) is 8.32. The van der Waals surface area contributed by atoms with Gasteiger partial charge in [-0.15, -0.1) is 0 Å². The van der Waals surface area contributed by atoms with E-state index in [9.17, 15) is 0 Å².